The minimum absolute atomic E-state index is 0.129. The Balaban J connectivity index is 2.78. The highest BCUT2D eigenvalue weighted by Crippen LogP contribution is 2.18. The second-order valence-corrected chi connectivity index (χ2v) is 4.00. The van der Waals surface area contributed by atoms with Crippen LogP contribution >= 0.6 is 11.6 Å². The summed E-state index contributed by atoms with van der Waals surface area (Å²) in [4.78, 5) is 10.9. The summed E-state index contributed by atoms with van der Waals surface area (Å²) in [6.07, 6.45) is 0.674. The molecule has 1 aromatic carbocycles. The largest absolute Gasteiger partial charge is 0.369 e. The van der Waals surface area contributed by atoms with E-state index >= 15 is 0 Å². The van der Waals surface area contributed by atoms with E-state index in [1.165, 1.54) is 0 Å². The molecule has 76 valence electrons. The third kappa shape index (κ3) is 2.74. The smallest absolute Gasteiger partial charge is 0.220 e. The van der Waals surface area contributed by atoms with Crippen LogP contribution in [-0.2, 0) is 11.2 Å². The number of hydrogen-bond donors (Lipinski definition) is 1. The molecule has 0 bridgehead atoms. The molecule has 2 N–H and O–H groups in total. The molecule has 0 unspecified atom stereocenters. The van der Waals surface area contributed by atoms with E-state index in [0.717, 1.165) is 16.1 Å². The minimum Gasteiger partial charge on any atom is -0.369 e. The van der Waals surface area contributed by atoms with Crippen LogP contribution < -0.4 is 5.73 Å². The lowest BCUT2D eigenvalue weighted by Crippen LogP contribution is -2.22. The molecule has 1 atom stereocenters. The van der Waals surface area contributed by atoms with Gasteiger partial charge in [-0.25, -0.2) is 0 Å². The first-order valence-corrected chi connectivity index (χ1v) is 4.93. The van der Waals surface area contributed by atoms with Crippen LogP contribution in [0.3, 0.4) is 0 Å². The molecule has 0 aliphatic rings. The maximum absolute atomic E-state index is 10.9. The third-order valence-corrected chi connectivity index (χ3v) is 2.67. The van der Waals surface area contributed by atoms with Gasteiger partial charge < -0.3 is 5.73 Å². The van der Waals surface area contributed by atoms with Gasteiger partial charge in [0.15, 0.2) is 0 Å². The quantitative estimate of drug-likeness (QED) is 0.819. The number of carbonyl (C=O) groups excluding carboxylic acids is 1. The number of carbonyl (C=O) groups is 1. The molecule has 0 heterocycles. The normalized spacial score (nSPS) is 12.5. The van der Waals surface area contributed by atoms with Gasteiger partial charge in [0.05, 0.1) is 0 Å². The summed E-state index contributed by atoms with van der Waals surface area (Å²) < 4.78 is 0. The van der Waals surface area contributed by atoms with Gasteiger partial charge in [0.1, 0.15) is 0 Å². The van der Waals surface area contributed by atoms with Crippen LogP contribution in [0.5, 0.6) is 0 Å². The number of nitrogens with two attached hydrogens (primary N) is 1. The van der Waals surface area contributed by atoms with Crippen LogP contribution in [0.2, 0.25) is 5.02 Å². The Hall–Kier alpha value is -1.02. The number of amides is 1. The molecule has 1 aromatic rings. The summed E-state index contributed by atoms with van der Waals surface area (Å²) in [7, 11) is 0. The average Bonchev–Trinajstić information content (AvgIpc) is 2.11. The highest BCUT2D eigenvalue weighted by atomic mass is 35.5. The van der Waals surface area contributed by atoms with Crippen LogP contribution in [0.25, 0.3) is 0 Å². The Kier molecular flexibility index (Phi) is 3.53. The van der Waals surface area contributed by atoms with Crippen LogP contribution in [-0.4, -0.2) is 5.91 Å². The van der Waals surface area contributed by atoms with Gasteiger partial charge in [-0.05, 0) is 30.5 Å². The van der Waals surface area contributed by atoms with E-state index in [9.17, 15) is 4.79 Å². The zero-order valence-electron chi connectivity index (χ0n) is 8.38. The van der Waals surface area contributed by atoms with Crippen molar-refractivity contribution in [2.75, 3.05) is 0 Å². The van der Waals surface area contributed by atoms with Crippen LogP contribution in [0, 0.1) is 12.8 Å². The molecule has 0 saturated carbocycles. The Morgan fingerprint density at radius 3 is 2.71 bits per heavy atom. The number of hydrogen-bond acceptors (Lipinski definition) is 1. The number of halogens is 1. The minimum atomic E-state index is -0.266. The van der Waals surface area contributed by atoms with E-state index in [0.29, 0.717) is 6.42 Å². The van der Waals surface area contributed by atoms with Crippen molar-refractivity contribution >= 4 is 17.5 Å². The molecule has 0 aromatic heterocycles. The zero-order valence-corrected chi connectivity index (χ0v) is 9.14. The van der Waals surface area contributed by atoms with Gasteiger partial charge in [-0.1, -0.05) is 30.7 Å². The molecule has 2 nitrogen and oxygen atoms in total. The highest BCUT2D eigenvalue weighted by Gasteiger charge is 2.09. The molecular formula is C11H14ClNO. The van der Waals surface area contributed by atoms with Crippen LogP contribution in [0.1, 0.15) is 18.1 Å². The van der Waals surface area contributed by atoms with E-state index in [2.05, 4.69) is 0 Å². The monoisotopic (exact) mass is 211 g/mol. The summed E-state index contributed by atoms with van der Waals surface area (Å²) in [6.45, 7) is 3.77. The lowest BCUT2D eigenvalue weighted by molar-refractivity contribution is -0.121. The zero-order chi connectivity index (χ0) is 10.7. The van der Waals surface area contributed by atoms with E-state index in [1.807, 2.05) is 32.0 Å². The van der Waals surface area contributed by atoms with Gasteiger partial charge in [-0.15, -0.1) is 0 Å². The predicted octanol–water partition coefficient (Wildman–Crippen LogP) is 2.31. The first kappa shape index (κ1) is 11.1. The maximum Gasteiger partial charge on any atom is 0.220 e. The van der Waals surface area contributed by atoms with E-state index < -0.39 is 0 Å². The number of primary amides is 1. The summed E-state index contributed by atoms with van der Waals surface area (Å²) in [5.41, 5.74) is 7.31. The molecule has 3 heteroatoms. The van der Waals surface area contributed by atoms with E-state index in [-0.39, 0.29) is 11.8 Å². The second-order valence-electron chi connectivity index (χ2n) is 3.59. The summed E-state index contributed by atoms with van der Waals surface area (Å²) >= 11 is 5.89. The van der Waals surface area contributed by atoms with Crippen molar-refractivity contribution in [1.29, 1.82) is 0 Å². The first-order chi connectivity index (χ1) is 6.50. The first-order valence-electron chi connectivity index (χ1n) is 4.55. The highest BCUT2D eigenvalue weighted by molar-refractivity contribution is 6.31. The molecule has 14 heavy (non-hydrogen) atoms. The summed E-state index contributed by atoms with van der Waals surface area (Å²) in [5.74, 6) is -0.395. The van der Waals surface area contributed by atoms with Crippen molar-refractivity contribution in [1.82, 2.24) is 0 Å². The maximum atomic E-state index is 10.9. The molecule has 0 spiro atoms. The van der Waals surface area contributed by atoms with Gasteiger partial charge in [-0.3, -0.25) is 4.79 Å². The second kappa shape index (κ2) is 4.47. The van der Waals surface area contributed by atoms with Crippen molar-refractivity contribution in [2.24, 2.45) is 11.7 Å². The van der Waals surface area contributed by atoms with Crippen molar-refractivity contribution in [2.45, 2.75) is 20.3 Å². The van der Waals surface area contributed by atoms with E-state index in [1.54, 1.807) is 0 Å². The number of aryl methyl sites for hydroxylation is 1. The topological polar surface area (TPSA) is 43.1 Å². The fourth-order valence-corrected chi connectivity index (χ4v) is 1.41. The lowest BCUT2D eigenvalue weighted by atomic mass is 9.99. The van der Waals surface area contributed by atoms with Gasteiger partial charge in [0.2, 0.25) is 5.91 Å². The Bertz CT molecular complexity index is 349. The Morgan fingerprint density at radius 1 is 1.57 bits per heavy atom. The molecule has 0 fully saturated rings. The standard InChI is InChI=1S/C11H14ClNO/c1-7-5-9(3-4-10(7)12)6-8(2)11(13)14/h3-5,8H,6H2,1-2H3,(H2,13,14)/t8-/m1/s1. The summed E-state index contributed by atoms with van der Waals surface area (Å²) in [6, 6.07) is 5.76. The fourth-order valence-electron chi connectivity index (χ4n) is 1.29. The van der Waals surface area contributed by atoms with Crippen molar-refractivity contribution < 1.29 is 4.79 Å². The SMILES string of the molecule is Cc1cc(C[C@@H](C)C(N)=O)ccc1Cl. The third-order valence-electron chi connectivity index (χ3n) is 2.25. The van der Waals surface area contributed by atoms with Crippen LogP contribution in [0.4, 0.5) is 0 Å². The summed E-state index contributed by atoms with van der Waals surface area (Å²) in [5, 5.41) is 0.750. The molecule has 1 amide bonds. The molecular weight excluding hydrogens is 198 g/mol. The predicted molar refractivity (Wildman–Crippen MR) is 58.3 cm³/mol. The van der Waals surface area contributed by atoms with E-state index in [4.69, 9.17) is 17.3 Å². The molecule has 0 saturated heterocycles. The Morgan fingerprint density at radius 2 is 2.21 bits per heavy atom. The Labute approximate surface area is 89.1 Å². The van der Waals surface area contributed by atoms with Gasteiger partial charge >= 0.3 is 0 Å². The fraction of sp³-hybridized carbons (Fsp3) is 0.364. The molecule has 0 aliphatic heterocycles. The van der Waals surface area contributed by atoms with Gasteiger partial charge in [-0.2, -0.15) is 0 Å². The van der Waals surface area contributed by atoms with Gasteiger partial charge in [0.25, 0.3) is 0 Å². The molecule has 0 aliphatic carbocycles. The number of rotatable bonds is 3. The average molecular weight is 212 g/mol. The van der Waals surface area contributed by atoms with Crippen molar-refractivity contribution in [3.8, 4) is 0 Å². The van der Waals surface area contributed by atoms with Gasteiger partial charge in [0, 0.05) is 10.9 Å². The lowest BCUT2D eigenvalue weighted by Gasteiger charge is -2.08. The van der Waals surface area contributed by atoms with Crippen LogP contribution in [0.15, 0.2) is 18.2 Å². The number of benzene rings is 1. The molecule has 1 rings (SSSR count). The molecule has 0 radical (unpaired) electrons. The van der Waals surface area contributed by atoms with Crippen molar-refractivity contribution in [3.63, 3.8) is 0 Å². The van der Waals surface area contributed by atoms with Crippen molar-refractivity contribution in [3.05, 3.63) is 34.3 Å².